The van der Waals surface area contributed by atoms with Gasteiger partial charge in [0.25, 0.3) is 0 Å². The average molecular weight is 413 g/mol. The molecule has 1 heterocycles. The first-order valence-electron chi connectivity index (χ1n) is 7.27. The van der Waals surface area contributed by atoms with E-state index >= 15 is 0 Å². The summed E-state index contributed by atoms with van der Waals surface area (Å²) in [6.07, 6.45) is 1.68. The lowest BCUT2D eigenvalue weighted by molar-refractivity contribution is 0.469. The van der Waals surface area contributed by atoms with Crippen LogP contribution in [0.2, 0.25) is 0 Å². The zero-order valence-corrected chi connectivity index (χ0v) is 15.7. The Kier molecular flexibility index (Phi) is 8.01. The maximum absolute atomic E-state index is 5.33. The van der Waals surface area contributed by atoms with Crippen molar-refractivity contribution in [3.8, 4) is 0 Å². The molecule has 2 aromatic rings. The molecule has 0 spiro atoms. The van der Waals surface area contributed by atoms with Gasteiger partial charge in [0.1, 0.15) is 12.3 Å². The number of hydrogen-bond donors (Lipinski definition) is 1. The Morgan fingerprint density at radius 1 is 1.23 bits per heavy atom. The van der Waals surface area contributed by atoms with Crippen molar-refractivity contribution in [2.45, 2.75) is 26.9 Å². The summed E-state index contributed by atoms with van der Waals surface area (Å²) in [6, 6.07) is 12.2. The van der Waals surface area contributed by atoms with Crippen LogP contribution in [0.5, 0.6) is 0 Å². The van der Waals surface area contributed by atoms with Gasteiger partial charge in [-0.2, -0.15) is 0 Å². The molecule has 120 valence electrons. The highest BCUT2D eigenvalue weighted by Gasteiger charge is 2.08. The minimum atomic E-state index is 0. The molecule has 1 aromatic carbocycles. The Bertz CT molecular complexity index is 581. The summed E-state index contributed by atoms with van der Waals surface area (Å²) in [5, 5.41) is 3.32. The molecule has 0 amide bonds. The summed E-state index contributed by atoms with van der Waals surface area (Å²) in [5.41, 5.74) is 2.61. The average Bonchev–Trinajstić information content (AvgIpc) is 2.99. The largest absolute Gasteiger partial charge is 0.467 e. The third-order valence-electron chi connectivity index (χ3n) is 3.33. The molecule has 0 radical (unpaired) electrons. The molecule has 0 atom stereocenters. The zero-order valence-electron chi connectivity index (χ0n) is 13.4. The van der Waals surface area contributed by atoms with Crippen molar-refractivity contribution in [3.63, 3.8) is 0 Å². The summed E-state index contributed by atoms with van der Waals surface area (Å²) in [7, 11) is 2.05. The van der Waals surface area contributed by atoms with E-state index in [1.807, 2.05) is 12.1 Å². The number of nitrogens with zero attached hydrogens (tertiary/aromatic N) is 2. The number of aliphatic imine (C=N–C) groups is 1. The summed E-state index contributed by atoms with van der Waals surface area (Å²) >= 11 is 0. The van der Waals surface area contributed by atoms with Crippen molar-refractivity contribution < 1.29 is 4.42 Å². The van der Waals surface area contributed by atoms with Crippen LogP contribution in [-0.4, -0.2) is 24.5 Å². The highest BCUT2D eigenvalue weighted by Crippen LogP contribution is 2.10. The Hall–Kier alpha value is -1.50. The van der Waals surface area contributed by atoms with Crippen molar-refractivity contribution in [2.75, 3.05) is 13.6 Å². The Morgan fingerprint density at radius 3 is 2.64 bits per heavy atom. The van der Waals surface area contributed by atoms with Crippen LogP contribution >= 0.6 is 24.0 Å². The van der Waals surface area contributed by atoms with Crippen LogP contribution in [0, 0.1) is 6.92 Å². The summed E-state index contributed by atoms with van der Waals surface area (Å²) in [6.45, 7) is 6.43. The number of hydrogen-bond acceptors (Lipinski definition) is 2. The van der Waals surface area contributed by atoms with E-state index in [-0.39, 0.29) is 24.0 Å². The number of nitrogens with one attached hydrogen (secondary N) is 1. The minimum Gasteiger partial charge on any atom is -0.467 e. The standard InChI is InChI=1S/C17H23N3O.HI/c1-4-18-17(19-12-16-10-7-11-21-16)20(3)13-15-9-6-5-8-14(15)2;/h5-11H,4,12-13H2,1-3H3,(H,18,19);1H. The first kappa shape index (κ1) is 18.5. The number of benzene rings is 1. The Balaban J connectivity index is 0.00000242. The lowest BCUT2D eigenvalue weighted by atomic mass is 10.1. The molecule has 0 saturated carbocycles. The molecule has 1 N–H and O–H groups in total. The molecular weight excluding hydrogens is 389 g/mol. The first-order chi connectivity index (χ1) is 10.2. The molecule has 1 aromatic heterocycles. The summed E-state index contributed by atoms with van der Waals surface area (Å²) in [5.74, 6) is 1.76. The number of aryl methyl sites for hydroxylation is 1. The molecular formula is C17H24IN3O. The third kappa shape index (κ3) is 5.36. The van der Waals surface area contributed by atoms with Gasteiger partial charge >= 0.3 is 0 Å². The highest BCUT2D eigenvalue weighted by atomic mass is 127. The molecule has 5 heteroatoms. The molecule has 22 heavy (non-hydrogen) atoms. The summed E-state index contributed by atoms with van der Waals surface area (Å²) in [4.78, 5) is 6.75. The minimum absolute atomic E-state index is 0. The number of guanidine groups is 1. The van der Waals surface area contributed by atoms with Gasteiger partial charge in [0.05, 0.1) is 6.26 Å². The van der Waals surface area contributed by atoms with E-state index in [9.17, 15) is 0 Å². The van der Waals surface area contributed by atoms with Crippen LogP contribution in [0.15, 0.2) is 52.1 Å². The van der Waals surface area contributed by atoms with E-state index in [4.69, 9.17) is 4.42 Å². The van der Waals surface area contributed by atoms with Gasteiger partial charge in [-0.3, -0.25) is 0 Å². The maximum atomic E-state index is 5.33. The van der Waals surface area contributed by atoms with Crippen LogP contribution in [0.4, 0.5) is 0 Å². The SMILES string of the molecule is CCNC(=NCc1ccco1)N(C)Cc1ccccc1C.I. The maximum Gasteiger partial charge on any atom is 0.194 e. The topological polar surface area (TPSA) is 40.8 Å². The molecule has 4 nitrogen and oxygen atoms in total. The van der Waals surface area contributed by atoms with Gasteiger partial charge in [-0.05, 0) is 37.1 Å². The second kappa shape index (κ2) is 9.50. The van der Waals surface area contributed by atoms with E-state index < -0.39 is 0 Å². The van der Waals surface area contributed by atoms with Gasteiger partial charge in [-0.1, -0.05) is 24.3 Å². The van der Waals surface area contributed by atoms with Crippen molar-refractivity contribution in [1.29, 1.82) is 0 Å². The van der Waals surface area contributed by atoms with Crippen molar-refractivity contribution in [1.82, 2.24) is 10.2 Å². The van der Waals surface area contributed by atoms with Gasteiger partial charge in [-0.25, -0.2) is 4.99 Å². The van der Waals surface area contributed by atoms with Crippen molar-refractivity contribution in [2.24, 2.45) is 4.99 Å². The molecule has 2 rings (SSSR count). The molecule has 0 bridgehead atoms. The fourth-order valence-electron chi connectivity index (χ4n) is 2.14. The van der Waals surface area contributed by atoms with Crippen LogP contribution in [0.3, 0.4) is 0 Å². The third-order valence-corrected chi connectivity index (χ3v) is 3.33. The zero-order chi connectivity index (χ0) is 15.1. The first-order valence-corrected chi connectivity index (χ1v) is 7.27. The van der Waals surface area contributed by atoms with E-state index in [2.05, 4.69) is 60.4 Å². The molecule has 0 saturated heterocycles. The second-order valence-corrected chi connectivity index (χ2v) is 5.03. The highest BCUT2D eigenvalue weighted by molar-refractivity contribution is 14.0. The van der Waals surface area contributed by atoms with Gasteiger partial charge < -0.3 is 14.6 Å². The normalized spacial score (nSPS) is 11.0. The fourth-order valence-corrected chi connectivity index (χ4v) is 2.14. The molecule has 0 aliphatic rings. The van der Waals surface area contributed by atoms with Crippen LogP contribution in [0.1, 0.15) is 23.8 Å². The molecule has 0 unspecified atom stereocenters. The predicted octanol–water partition coefficient (Wildman–Crippen LogP) is 3.80. The molecule has 0 aliphatic heterocycles. The lowest BCUT2D eigenvalue weighted by Gasteiger charge is -2.22. The van der Waals surface area contributed by atoms with Gasteiger partial charge in [0.2, 0.25) is 0 Å². The second-order valence-electron chi connectivity index (χ2n) is 5.03. The smallest absolute Gasteiger partial charge is 0.194 e. The van der Waals surface area contributed by atoms with E-state index in [1.165, 1.54) is 11.1 Å². The van der Waals surface area contributed by atoms with Crippen LogP contribution in [0.25, 0.3) is 0 Å². The van der Waals surface area contributed by atoms with Gasteiger partial charge in [0, 0.05) is 20.1 Å². The lowest BCUT2D eigenvalue weighted by Crippen LogP contribution is -2.38. The van der Waals surface area contributed by atoms with Crippen LogP contribution < -0.4 is 5.32 Å². The molecule has 0 aliphatic carbocycles. The van der Waals surface area contributed by atoms with Gasteiger partial charge in [-0.15, -0.1) is 24.0 Å². The predicted molar refractivity (Wildman–Crippen MR) is 102 cm³/mol. The van der Waals surface area contributed by atoms with E-state index in [0.717, 1.165) is 24.8 Å². The van der Waals surface area contributed by atoms with E-state index in [0.29, 0.717) is 6.54 Å². The van der Waals surface area contributed by atoms with E-state index in [1.54, 1.807) is 6.26 Å². The summed E-state index contributed by atoms with van der Waals surface area (Å²) < 4.78 is 5.33. The van der Waals surface area contributed by atoms with Gasteiger partial charge in [0.15, 0.2) is 5.96 Å². The van der Waals surface area contributed by atoms with Crippen molar-refractivity contribution >= 4 is 29.9 Å². The number of furan rings is 1. The number of halogens is 1. The van der Waals surface area contributed by atoms with Crippen LogP contribution in [-0.2, 0) is 13.1 Å². The number of rotatable bonds is 5. The molecule has 0 fully saturated rings. The fraction of sp³-hybridized carbons (Fsp3) is 0.353. The monoisotopic (exact) mass is 413 g/mol. The Labute approximate surface area is 149 Å². The van der Waals surface area contributed by atoms with Crippen molar-refractivity contribution in [3.05, 3.63) is 59.5 Å². The Morgan fingerprint density at radius 2 is 2.00 bits per heavy atom. The quantitative estimate of drug-likeness (QED) is 0.461.